The van der Waals surface area contributed by atoms with Gasteiger partial charge in [0.1, 0.15) is 25.3 Å². The number of hydrogen-bond acceptors (Lipinski definition) is 6. The maximum absolute atomic E-state index is 13.2. The van der Waals surface area contributed by atoms with E-state index in [2.05, 4.69) is 26.3 Å². The summed E-state index contributed by atoms with van der Waals surface area (Å²) in [6.45, 7) is 2.77. The van der Waals surface area contributed by atoms with Gasteiger partial charge in [0.25, 0.3) is 0 Å². The van der Waals surface area contributed by atoms with Crippen LogP contribution in [0.2, 0.25) is 0 Å². The van der Waals surface area contributed by atoms with E-state index in [1.807, 2.05) is 137 Å². The summed E-state index contributed by atoms with van der Waals surface area (Å²) < 4.78 is 15.9. The van der Waals surface area contributed by atoms with Crippen molar-refractivity contribution in [3.8, 4) is 17.1 Å². The lowest BCUT2D eigenvalue weighted by Gasteiger charge is -2.22. The number of H-pyrrole nitrogens is 1. The fraction of sp³-hybridized carbons (Fsp3) is 0.211. The Balaban J connectivity index is 0.991. The standard InChI is InChI=1S/C38H41N7O4/c1-28(42-37(46)22-29-23-40-36-9-3-2-8-35(29)36)38(47)43-31(24-39-26-49-34-16-14-33(15-17-34)45-20-6-7-21-45)25-48-27-41-30-10-12-32(13-11-30)44-18-4-5-19-44/h2-21,23,28,31,39-41H,22,24-27H2,1H3,(H,42,46)(H,43,47)/t28-,31?/m1/s1. The molecule has 3 aromatic heterocycles. The molecule has 0 fully saturated rings. The van der Waals surface area contributed by atoms with Gasteiger partial charge in [-0.25, -0.2) is 0 Å². The summed E-state index contributed by atoms with van der Waals surface area (Å²) in [7, 11) is 0. The second-order valence-electron chi connectivity index (χ2n) is 11.7. The Labute approximate surface area is 285 Å². The Morgan fingerprint density at radius 1 is 0.776 bits per heavy atom. The van der Waals surface area contributed by atoms with Crippen molar-refractivity contribution in [2.45, 2.75) is 25.4 Å². The Morgan fingerprint density at radius 2 is 1.43 bits per heavy atom. The summed E-state index contributed by atoms with van der Waals surface area (Å²) in [5.41, 5.74) is 4.86. The number of para-hydroxylation sites is 1. The number of aromatic nitrogens is 3. The summed E-state index contributed by atoms with van der Waals surface area (Å²) in [6, 6.07) is 30.4. The number of anilines is 1. The van der Waals surface area contributed by atoms with Gasteiger partial charge in [-0.1, -0.05) is 18.2 Å². The zero-order valence-corrected chi connectivity index (χ0v) is 27.3. The predicted octanol–water partition coefficient (Wildman–Crippen LogP) is 4.99. The minimum atomic E-state index is -0.743. The number of benzene rings is 3. The minimum Gasteiger partial charge on any atom is -0.478 e. The molecule has 3 heterocycles. The first-order valence-corrected chi connectivity index (χ1v) is 16.3. The van der Waals surface area contributed by atoms with Crippen molar-refractivity contribution >= 4 is 28.4 Å². The highest BCUT2D eigenvalue weighted by molar-refractivity contribution is 5.91. The van der Waals surface area contributed by atoms with Gasteiger partial charge in [-0.3, -0.25) is 14.9 Å². The number of aromatic amines is 1. The number of carbonyl (C=O) groups excluding carboxylic acids is 2. The van der Waals surface area contributed by atoms with Crippen LogP contribution in [0.5, 0.6) is 5.75 Å². The molecule has 6 rings (SSSR count). The molecule has 0 aliphatic heterocycles. The molecule has 0 saturated carbocycles. The Kier molecular flexibility index (Phi) is 11.1. The third-order valence-electron chi connectivity index (χ3n) is 8.08. The molecule has 0 bridgehead atoms. The number of fused-ring (bicyclic) bond motifs is 1. The van der Waals surface area contributed by atoms with Crippen LogP contribution >= 0.6 is 0 Å². The van der Waals surface area contributed by atoms with Gasteiger partial charge in [0.05, 0.1) is 19.1 Å². The lowest BCUT2D eigenvalue weighted by atomic mass is 10.1. The maximum atomic E-state index is 13.2. The largest absolute Gasteiger partial charge is 0.478 e. The van der Waals surface area contributed by atoms with Gasteiger partial charge in [-0.2, -0.15) is 0 Å². The number of nitrogens with zero attached hydrogens (tertiary/aromatic N) is 2. The van der Waals surface area contributed by atoms with E-state index in [0.29, 0.717) is 6.54 Å². The van der Waals surface area contributed by atoms with E-state index >= 15 is 0 Å². The van der Waals surface area contributed by atoms with Crippen LogP contribution in [0.3, 0.4) is 0 Å². The van der Waals surface area contributed by atoms with Crippen molar-refractivity contribution < 1.29 is 19.1 Å². The van der Waals surface area contributed by atoms with Crippen LogP contribution in [-0.4, -0.2) is 64.6 Å². The zero-order valence-electron chi connectivity index (χ0n) is 27.3. The smallest absolute Gasteiger partial charge is 0.242 e. The number of nitrogens with one attached hydrogen (secondary N) is 5. The molecular formula is C38H41N7O4. The number of ether oxygens (including phenoxy) is 2. The van der Waals surface area contributed by atoms with Gasteiger partial charge in [0.2, 0.25) is 11.8 Å². The first-order valence-electron chi connectivity index (χ1n) is 16.3. The summed E-state index contributed by atoms with van der Waals surface area (Å²) in [5, 5.41) is 13.3. The average molecular weight is 660 g/mol. The SMILES string of the molecule is C[C@@H](NC(=O)Cc1c[nH]c2ccccc12)C(=O)NC(CNCOc1ccc(-n2cccc2)cc1)COCNc1ccc(-n2cccc2)cc1. The second kappa shape index (κ2) is 16.4. The van der Waals surface area contributed by atoms with Crippen molar-refractivity contribution in [1.29, 1.82) is 0 Å². The molecule has 0 spiro atoms. The molecule has 3 aromatic carbocycles. The van der Waals surface area contributed by atoms with Gasteiger partial charge < -0.3 is 39.5 Å². The molecule has 11 nitrogen and oxygen atoms in total. The highest BCUT2D eigenvalue weighted by Gasteiger charge is 2.20. The molecule has 6 aromatic rings. The summed E-state index contributed by atoms with van der Waals surface area (Å²) in [4.78, 5) is 29.2. The highest BCUT2D eigenvalue weighted by Crippen LogP contribution is 2.18. The van der Waals surface area contributed by atoms with Gasteiger partial charge in [-0.05, 0) is 91.3 Å². The average Bonchev–Trinajstić information content (AvgIpc) is 3.93. The number of hydrogen-bond donors (Lipinski definition) is 5. The fourth-order valence-corrected chi connectivity index (χ4v) is 5.47. The van der Waals surface area contributed by atoms with E-state index in [1.54, 1.807) is 6.92 Å². The first-order chi connectivity index (χ1) is 24.0. The van der Waals surface area contributed by atoms with Crippen molar-refractivity contribution in [2.24, 2.45) is 0 Å². The summed E-state index contributed by atoms with van der Waals surface area (Å²) >= 11 is 0. The van der Waals surface area contributed by atoms with Crippen LogP contribution in [-0.2, 0) is 20.7 Å². The van der Waals surface area contributed by atoms with Crippen LogP contribution in [0.4, 0.5) is 5.69 Å². The van der Waals surface area contributed by atoms with E-state index in [-0.39, 0.29) is 38.3 Å². The quantitative estimate of drug-likeness (QED) is 0.0694. The lowest BCUT2D eigenvalue weighted by molar-refractivity contribution is -0.129. The molecule has 0 aliphatic carbocycles. The molecule has 0 saturated heterocycles. The van der Waals surface area contributed by atoms with E-state index in [1.165, 1.54) is 0 Å². The van der Waals surface area contributed by atoms with Crippen LogP contribution in [0.1, 0.15) is 12.5 Å². The Morgan fingerprint density at radius 3 is 2.12 bits per heavy atom. The van der Waals surface area contributed by atoms with Gasteiger partial charge in [0.15, 0.2) is 0 Å². The second-order valence-corrected chi connectivity index (χ2v) is 11.7. The van der Waals surface area contributed by atoms with E-state index in [4.69, 9.17) is 9.47 Å². The monoisotopic (exact) mass is 659 g/mol. The third-order valence-corrected chi connectivity index (χ3v) is 8.08. The van der Waals surface area contributed by atoms with Crippen molar-refractivity contribution in [3.05, 3.63) is 134 Å². The predicted molar refractivity (Wildman–Crippen MR) is 191 cm³/mol. The van der Waals surface area contributed by atoms with Gasteiger partial charge >= 0.3 is 0 Å². The van der Waals surface area contributed by atoms with Crippen LogP contribution < -0.4 is 26.0 Å². The number of rotatable bonds is 17. The summed E-state index contributed by atoms with van der Waals surface area (Å²) in [5.74, 6) is 0.179. The van der Waals surface area contributed by atoms with E-state index in [0.717, 1.165) is 39.3 Å². The maximum Gasteiger partial charge on any atom is 0.242 e. The summed E-state index contributed by atoms with van der Waals surface area (Å²) in [6.07, 6.45) is 9.96. The Hall–Kier alpha value is -5.78. The van der Waals surface area contributed by atoms with Crippen molar-refractivity contribution in [2.75, 3.05) is 31.9 Å². The van der Waals surface area contributed by atoms with Gasteiger partial charge in [-0.15, -0.1) is 0 Å². The fourth-order valence-electron chi connectivity index (χ4n) is 5.47. The molecule has 11 heteroatoms. The topological polar surface area (TPSA) is 126 Å². The Bertz CT molecular complexity index is 1810. The minimum absolute atomic E-state index is 0.164. The molecule has 0 radical (unpaired) electrons. The molecular weight excluding hydrogens is 618 g/mol. The molecule has 49 heavy (non-hydrogen) atoms. The lowest BCUT2D eigenvalue weighted by Crippen LogP contribution is -2.52. The van der Waals surface area contributed by atoms with Crippen LogP contribution in [0, 0.1) is 0 Å². The molecule has 5 N–H and O–H groups in total. The third kappa shape index (κ3) is 9.19. The normalized spacial score (nSPS) is 12.3. The van der Waals surface area contributed by atoms with Gasteiger partial charge in [0, 0.05) is 65.5 Å². The molecule has 1 unspecified atom stereocenters. The van der Waals surface area contributed by atoms with Crippen LogP contribution in [0.15, 0.2) is 128 Å². The molecule has 0 aliphatic rings. The number of amides is 2. The van der Waals surface area contributed by atoms with Crippen molar-refractivity contribution in [1.82, 2.24) is 30.1 Å². The van der Waals surface area contributed by atoms with Crippen molar-refractivity contribution in [3.63, 3.8) is 0 Å². The first kappa shape index (κ1) is 33.1. The molecule has 2 atom stereocenters. The number of carbonyl (C=O) groups is 2. The highest BCUT2D eigenvalue weighted by atomic mass is 16.5. The van der Waals surface area contributed by atoms with E-state index < -0.39 is 12.1 Å². The van der Waals surface area contributed by atoms with E-state index in [9.17, 15) is 9.59 Å². The molecule has 2 amide bonds. The molecule has 252 valence electrons. The zero-order chi connectivity index (χ0) is 33.8. The van der Waals surface area contributed by atoms with Crippen LogP contribution in [0.25, 0.3) is 22.3 Å².